The largest absolute Gasteiger partial charge is 0.490 e. The molecule has 3 aromatic rings. The van der Waals surface area contributed by atoms with E-state index in [0.717, 1.165) is 36.8 Å². The van der Waals surface area contributed by atoms with Gasteiger partial charge in [0.15, 0.2) is 5.65 Å². The number of fused-ring (bicyclic) bond motifs is 1. The molecule has 0 bridgehead atoms. The molecule has 8 heteroatoms. The van der Waals surface area contributed by atoms with Gasteiger partial charge in [0.1, 0.15) is 17.4 Å². The summed E-state index contributed by atoms with van der Waals surface area (Å²) < 4.78 is 54.0. The van der Waals surface area contributed by atoms with Crippen molar-refractivity contribution in [2.75, 3.05) is 7.11 Å². The summed E-state index contributed by atoms with van der Waals surface area (Å²) >= 11 is 0. The van der Waals surface area contributed by atoms with Gasteiger partial charge in [-0.2, -0.15) is 0 Å². The van der Waals surface area contributed by atoms with Gasteiger partial charge in [-0.05, 0) is 56.4 Å². The summed E-state index contributed by atoms with van der Waals surface area (Å²) in [7, 11) is 1.69. The number of ether oxygens (including phenoxy) is 2. The fraction of sp³-hybridized carbons (Fsp3) is 0.478. The summed E-state index contributed by atoms with van der Waals surface area (Å²) in [6, 6.07) is 8.28. The zero-order valence-corrected chi connectivity index (χ0v) is 17.4. The Labute approximate surface area is 178 Å². The van der Waals surface area contributed by atoms with Crippen molar-refractivity contribution in [1.82, 2.24) is 14.6 Å². The third-order valence-corrected chi connectivity index (χ3v) is 6.73. The maximum Gasteiger partial charge on any atom is 0.259 e. The third-order valence-electron chi connectivity index (χ3n) is 6.73. The van der Waals surface area contributed by atoms with Crippen LogP contribution in [0.1, 0.15) is 55.0 Å². The van der Waals surface area contributed by atoms with Gasteiger partial charge in [-0.1, -0.05) is 12.1 Å². The number of rotatable bonds is 5. The topological polar surface area (TPSA) is 48.7 Å². The van der Waals surface area contributed by atoms with Crippen LogP contribution in [-0.2, 0) is 10.3 Å². The number of methoxy groups -OCH3 is 1. The molecular weight excluding hydrogens is 407 g/mol. The summed E-state index contributed by atoms with van der Waals surface area (Å²) in [4.78, 5) is 0. The van der Waals surface area contributed by atoms with Crippen LogP contribution in [0.2, 0.25) is 0 Å². The van der Waals surface area contributed by atoms with Gasteiger partial charge in [-0.15, -0.1) is 10.2 Å². The molecule has 2 aliphatic carbocycles. The molecular formula is C23H24F3N3O2. The van der Waals surface area contributed by atoms with Crippen LogP contribution >= 0.6 is 0 Å². The Kier molecular flexibility index (Phi) is 4.73. The second kappa shape index (κ2) is 7.22. The molecule has 0 amide bonds. The Bertz CT molecular complexity index is 1110. The molecule has 31 heavy (non-hydrogen) atoms. The number of halogens is 3. The Morgan fingerprint density at radius 2 is 1.74 bits per heavy atom. The monoisotopic (exact) mass is 431 g/mol. The van der Waals surface area contributed by atoms with Gasteiger partial charge < -0.3 is 9.47 Å². The van der Waals surface area contributed by atoms with Crippen molar-refractivity contribution in [1.29, 1.82) is 0 Å². The molecule has 2 saturated carbocycles. The lowest BCUT2D eigenvalue weighted by atomic mass is 9.78. The van der Waals surface area contributed by atoms with Crippen molar-refractivity contribution >= 4 is 5.65 Å². The summed E-state index contributed by atoms with van der Waals surface area (Å²) in [5.41, 5.74) is 1.86. The lowest BCUT2D eigenvalue weighted by Crippen LogP contribution is -2.37. The zero-order valence-electron chi connectivity index (χ0n) is 17.4. The molecule has 1 unspecified atom stereocenters. The Morgan fingerprint density at radius 1 is 1.06 bits per heavy atom. The molecule has 5 rings (SSSR count). The van der Waals surface area contributed by atoms with E-state index in [9.17, 15) is 13.2 Å². The van der Waals surface area contributed by atoms with Gasteiger partial charge in [-0.3, -0.25) is 4.40 Å². The first-order valence-corrected chi connectivity index (χ1v) is 10.5. The van der Waals surface area contributed by atoms with E-state index in [4.69, 9.17) is 9.47 Å². The summed E-state index contributed by atoms with van der Waals surface area (Å²) in [5.74, 6) is -2.82. The minimum atomic E-state index is -2.69. The maximum atomic E-state index is 13.5. The normalized spacial score (nSPS) is 27.4. The van der Waals surface area contributed by atoms with Crippen LogP contribution in [0.5, 0.6) is 5.75 Å². The van der Waals surface area contributed by atoms with Gasteiger partial charge in [0.05, 0.1) is 17.6 Å². The molecule has 2 heterocycles. The molecule has 2 fully saturated rings. The average molecular weight is 431 g/mol. The highest BCUT2D eigenvalue weighted by Crippen LogP contribution is 2.55. The number of hydrogen-bond donors (Lipinski definition) is 0. The number of nitrogens with zero attached hydrogens (tertiary/aromatic N) is 3. The van der Waals surface area contributed by atoms with Gasteiger partial charge in [0.2, 0.25) is 0 Å². The molecule has 0 saturated heterocycles. The van der Waals surface area contributed by atoms with Gasteiger partial charge in [0, 0.05) is 25.3 Å². The van der Waals surface area contributed by atoms with E-state index >= 15 is 0 Å². The molecule has 0 spiro atoms. The van der Waals surface area contributed by atoms with Crippen LogP contribution in [-0.4, -0.2) is 33.7 Å². The lowest BCUT2D eigenvalue weighted by Gasteiger charge is -2.39. The minimum absolute atomic E-state index is 0.0000283. The van der Waals surface area contributed by atoms with Crippen LogP contribution < -0.4 is 4.74 Å². The van der Waals surface area contributed by atoms with Gasteiger partial charge in [-0.25, -0.2) is 13.2 Å². The number of aryl methyl sites for hydroxylation is 1. The molecule has 5 nitrogen and oxygen atoms in total. The summed E-state index contributed by atoms with van der Waals surface area (Å²) in [5, 5.41) is 8.14. The highest BCUT2D eigenvalue weighted by atomic mass is 19.3. The van der Waals surface area contributed by atoms with E-state index < -0.39 is 17.4 Å². The molecule has 0 N–H and O–H groups in total. The second-order valence-corrected chi connectivity index (χ2v) is 8.60. The third kappa shape index (κ3) is 3.46. The molecule has 1 aromatic carbocycles. The highest BCUT2D eigenvalue weighted by Gasteiger charge is 2.60. The molecule has 1 atom stereocenters. The zero-order chi connectivity index (χ0) is 21.8. The highest BCUT2D eigenvalue weighted by molar-refractivity contribution is 5.54. The number of aromatic nitrogens is 3. The Morgan fingerprint density at radius 3 is 2.35 bits per heavy atom. The van der Waals surface area contributed by atoms with Crippen molar-refractivity contribution in [3.05, 3.63) is 59.3 Å². The summed E-state index contributed by atoms with van der Waals surface area (Å²) in [6.45, 7) is 1.87. The van der Waals surface area contributed by atoms with Crippen molar-refractivity contribution < 1.29 is 22.6 Å². The van der Waals surface area contributed by atoms with E-state index in [0.29, 0.717) is 17.2 Å². The first kappa shape index (κ1) is 20.3. The predicted octanol–water partition coefficient (Wildman–Crippen LogP) is 5.16. The van der Waals surface area contributed by atoms with Crippen molar-refractivity contribution in [2.24, 2.45) is 0 Å². The predicted molar refractivity (Wildman–Crippen MR) is 108 cm³/mol. The SMILES string of the molecule is CO[C@]1(c2ccc(F)cc2)CC[C@H](Oc2ccn3c(C4CC4(F)F)nnc3c2C)CC1. The van der Waals surface area contributed by atoms with Crippen molar-refractivity contribution in [2.45, 2.75) is 62.6 Å². The Balaban J connectivity index is 1.31. The number of benzene rings is 1. The van der Waals surface area contributed by atoms with E-state index in [1.807, 2.05) is 6.92 Å². The van der Waals surface area contributed by atoms with Crippen molar-refractivity contribution in [3.8, 4) is 5.75 Å². The molecule has 0 radical (unpaired) electrons. The van der Waals surface area contributed by atoms with E-state index in [1.54, 1.807) is 35.9 Å². The fourth-order valence-electron chi connectivity index (χ4n) is 4.66. The Hall–Kier alpha value is -2.61. The van der Waals surface area contributed by atoms with Crippen LogP contribution in [0.4, 0.5) is 13.2 Å². The van der Waals surface area contributed by atoms with E-state index in [-0.39, 0.29) is 18.3 Å². The quantitative estimate of drug-likeness (QED) is 0.560. The van der Waals surface area contributed by atoms with E-state index in [1.165, 1.54) is 12.1 Å². The first-order chi connectivity index (χ1) is 14.8. The number of hydrogen-bond acceptors (Lipinski definition) is 4. The number of pyridine rings is 1. The van der Waals surface area contributed by atoms with Crippen molar-refractivity contribution in [3.63, 3.8) is 0 Å². The average Bonchev–Trinajstić information content (AvgIpc) is 3.19. The molecule has 0 aliphatic heterocycles. The standard InChI is InChI=1S/C23H24F3N3O2/c1-14-19(9-12-29-20(14)27-28-21(29)18-13-23(18,25)26)31-17-7-10-22(30-2,11-8-17)15-3-5-16(24)6-4-15/h3-6,9,12,17-18H,7-8,10-11,13H2,1-2H3/t17-,18?,22+. The van der Waals surface area contributed by atoms with Crippen LogP contribution in [0.15, 0.2) is 36.5 Å². The molecule has 2 aromatic heterocycles. The second-order valence-electron chi connectivity index (χ2n) is 8.60. The minimum Gasteiger partial charge on any atom is -0.490 e. The number of alkyl halides is 2. The van der Waals surface area contributed by atoms with Crippen LogP contribution in [0, 0.1) is 12.7 Å². The fourth-order valence-corrected chi connectivity index (χ4v) is 4.66. The molecule has 164 valence electrons. The van der Waals surface area contributed by atoms with Crippen LogP contribution in [0.3, 0.4) is 0 Å². The molecule has 2 aliphatic rings. The lowest BCUT2D eigenvalue weighted by molar-refractivity contribution is -0.0650. The summed E-state index contributed by atoms with van der Waals surface area (Å²) in [6.07, 6.45) is 4.61. The maximum absolute atomic E-state index is 13.5. The van der Waals surface area contributed by atoms with Gasteiger partial charge >= 0.3 is 0 Å². The smallest absolute Gasteiger partial charge is 0.259 e. The van der Waals surface area contributed by atoms with Crippen LogP contribution in [0.25, 0.3) is 5.65 Å². The van der Waals surface area contributed by atoms with E-state index in [2.05, 4.69) is 10.2 Å². The van der Waals surface area contributed by atoms with Gasteiger partial charge in [0.25, 0.3) is 5.92 Å². The first-order valence-electron chi connectivity index (χ1n) is 10.5.